The van der Waals surface area contributed by atoms with Gasteiger partial charge in [0.15, 0.2) is 0 Å². The quantitative estimate of drug-likeness (QED) is 0.698. The van der Waals surface area contributed by atoms with Crippen LogP contribution in [0.25, 0.3) is 0 Å². The van der Waals surface area contributed by atoms with Gasteiger partial charge in [0.1, 0.15) is 5.75 Å². The molecule has 2 N–H and O–H groups in total. The van der Waals surface area contributed by atoms with E-state index in [1.54, 1.807) is 14.2 Å². The number of carbonyl (C=O) groups is 2. The number of nitrogens with two attached hydrogens (primary N) is 1. The molecule has 1 unspecified atom stereocenters. The molecule has 0 bridgehead atoms. The number of benzene rings is 1. The molecule has 2 amide bonds. The van der Waals surface area contributed by atoms with Gasteiger partial charge in [-0.1, -0.05) is 12.1 Å². The zero-order valence-electron chi connectivity index (χ0n) is 18.3. The molecule has 3 rings (SSSR count). The molecule has 1 atom stereocenters. The van der Waals surface area contributed by atoms with Crippen molar-refractivity contribution in [3.8, 4) is 5.75 Å². The topological polar surface area (TPSA) is 85.1 Å². The third kappa shape index (κ3) is 5.32. The monoisotopic (exact) mass is 417 g/mol. The van der Waals surface area contributed by atoms with Crippen molar-refractivity contribution < 1.29 is 19.1 Å². The molecular formula is C23H35N3O4. The Labute approximate surface area is 179 Å². The zero-order valence-corrected chi connectivity index (χ0v) is 18.3. The molecular weight excluding hydrogens is 382 g/mol. The number of amides is 2. The lowest BCUT2D eigenvalue weighted by molar-refractivity contribution is -0.134. The van der Waals surface area contributed by atoms with Gasteiger partial charge in [-0.05, 0) is 56.3 Å². The second kappa shape index (κ2) is 10.3. The van der Waals surface area contributed by atoms with Crippen LogP contribution < -0.4 is 10.5 Å². The van der Waals surface area contributed by atoms with Gasteiger partial charge in [0.25, 0.3) is 0 Å². The maximum Gasteiger partial charge on any atom is 0.226 e. The maximum atomic E-state index is 12.7. The number of ether oxygens (including phenoxy) is 2. The van der Waals surface area contributed by atoms with Crippen molar-refractivity contribution in [1.82, 2.24) is 9.80 Å². The first-order valence-electron chi connectivity index (χ1n) is 10.9. The Morgan fingerprint density at radius 2 is 1.83 bits per heavy atom. The minimum atomic E-state index is -0.490. The van der Waals surface area contributed by atoms with Crippen molar-refractivity contribution in [3.05, 3.63) is 29.8 Å². The van der Waals surface area contributed by atoms with Crippen LogP contribution >= 0.6 is 0 Å². The van der Waals surface area contributed by atoms with E-state index in [2.05, 4.69) is 4.90 Å². The molecule has 0 aliphatic carbocycles. The second-order valence-electron chi connectivity index (χ2n) is 8.60. The number of rotatable bonds is 8. The van der Waals surface area contributed by atoms with Gasteiger partial charge < -0.3 is 20.1 Å². The normalized spacial score (nSPS) is 23.3. The molecule has 7 nitrogen and oxygen atoms in total. The highest BCUT2D eigenvalue weighted by Gasteiger charge is 2.42. The van der Waals surface area contributed by atoms with Crippen molar-refractivity contribution in [2.24, 2.45) is 11.1 Å². The van der Waals surface area contributed by atoms with Crippen LogP contribution in [0.5, 0.6) is 5.75 Å². The van der Waals surface area contributed by atoms with Gasteiger partial charge in [0.05, 0.1) is 18.9 Å². The van der Waals surface area contributed by atoms with Crippen LogP contribution in [0.1, 0.15) is 37.7 Å². The Hall–Kier alpha value is -2.12. The smallest absolute Gasteiger partial charge is 0.226 e. The van der Waals surface area contributed by atoms with Gasteiger partial charge in [0.2, 0.25) is 11.8 Å². The number of primary amides is 1. The fourth-order valence-corrected chi connectivity index (χ4v) is 4.82. The summed E-state index contributed by atoms with van der Waals surface area (Å²) in [4.78, 5) is 29.4. The van der Waals surface area contributed by atoms with Crippen molar-refractivity contribution in [3.63, 3.8) is 0 Å². The maximum absolute atomic E-state index is 12.7. The van der Waals surface area contributed by atoms with Crippen molar-refractivity contribution in [2.45, 2.75) is 44.6 Å². The standard InChI is InChI=1S/C23H35N3O4/c1-29-15-11-23(22(24)28)10-3-12-26(17-23)19-8-13-25(14-9-19)21(27)16-18-4-6-20(30-2)7-5-18/h4-7,19H,3,8-17H2,1-2H3,(H2,24,28). The molecule has 2 fully saturated rings. The predicted octanol–water partition coefficient (Wildman–Crippen LogP) is 1.83. The van der Waals surface area contributed by atoms with E-state index >= 15 is 0 Å². The molecule has 2 aliphatic rings. The van der Waals surface area contributed by atoms with E-state index in [1.807, 2.05) is 29.2 Å². The molecule has 166 valence electrons. The molecule has 1 aromatic carbocycles. The van der Waals surface area contributed by atoms with Crippen LogP contribution in [-0.2, 0) is 20.7 Å². The van der Waals surface area contributed by atoms with Crippen LogP contribution in [0, 0.1) is 5.41 Å². The number of methoxy groups -OCH3 is 2. The average Bonchev–Trinajstić information content (AvgIpc) is 2.78. The molecule has 1 aromatic rings. The van der Waals surface area contributed by atoms with Crippen LogP contribution in [0.3, 0.4) is 0 Å². The summed E-state index contributed by atoms with van der Waals surface area (Å²) >= 11 is 0. The summed E-state index contributed by atoms with van der Waals surface area (Å²) < 4.78 is 10.4. The third-order valence-corrected chi connectivity index (χ3v) is 6.76. The van der Waals surface area contributed by atoms with Gasteiger partial charge in [-0.15, -0.1) is 0 Å². The molecule has 7 heteroatoms. The molecule has 0 radical (unpaired) electrons. The first-order valence-corrected chi connectivity index (χ1v) is 10.9. The first-order chi connectivity index (χ1) is 14.5. The number of nitrogens with zero attached hydrogens (tertiary/aromatic N) is 2. The van der Waals surface area contributed by atoms with E-state index in [1.165, 1.54) is 0 Å². The number of piperidine rings is 2. The molecule has 2 saturated heterocycles. The Morgan fingerprint density at radius 3 is 2.43 bits per heavy atom. The fourth-order valence-electron chi connectivity index (χ4n) is 4.82. The summed E-state index contributed by atoms with van der Waals surface area (Å²) in [5.74, 6) is 0.756. The van der Waals surface area contributed by atoms with Gasteiger partial charge in [0, 0.05) is 39.4 Å². The van der Waals surface area contributed by atoms with Crippen LogP contribution in [-0.4, -0.2) is 74.7 Å². The summed E-state index contributed by atoms with van der Waals surface area (Å²) in [5.41, 5.74) is 6.32. The Kier molecular flexibility index (Phi) is 7.72. The van der Waals surface area contributed by atoms with E-state index in [0.29, 0.717) is 32.0 Å². The Morgan fingerprint density at radius 1 is 1.13 bits per heavy atom. The van der Waals surface area contributed by atoms with E-state index < -0.39 is 5.41 Å². The second-order valence-corrected chi connectivity index (χ2v) is 8.60. The van der Waals surface area contributed by atoms with Crippen LogP contribution in [0.15, 0.2) is 24.3 Å². The zero-order chi connectivity index (χ0) is 21.6. The lowest BCUT2D eigenvalue weighted by atomic mass is 9.76. The highest BCUT2D eigenvalue weighted by Crippen LogP contribution is 2.35. The SMILES string of the molecule is COCCC1(C(N)=O)CCCN(C2CCN(C(=O)Cc3ccc(OC)cc3)CC2)C1. The summed E-state index contributed by atoms with van der Waals surface area (Å²) in [7, 11) is 3.30. The van der Waals surface area contributed by atoms with Crippen molar-refractivity contribution in [2.75, 3.05) is 47.0 Å². The Balaban J connectivity index is 1.52. The van der Waals surface area contributed by atoms with Gasteiger partial charge in [-0.3, -0.25) is 14.5 Å². The largest absolute Gasteiger partial charge is 0.497 e. The van der Waals surface area contributed by atoms with E-state index in [-0.39, 0.29) is 11.8 Å². The molecule has 0 aromatic heterocycles. The summed E-state index contributed by atoms with van der Waals surface area (Å²) in [6.07, 6.45) is 4.78. The van der Waals surface area contributed by atoms with Crippen molar-refractivity contribution >= 4 is 11.8 Å². The van der Waals surface area contributed by atoms with Gasteiger partial charge in [-0.2, -0.15) is 0 Å². The summed E-state index contributed by atoms with van der Waals surface area (Å²) in [5, 5.41) is 0. The Bertz CT molecular complexity index is 716. The van der Waals surface area contributed by atoms with Gasteiger partial charge >= 0.3 is 0 Å². The van der Waals surface area contributed by atoms with E-state index in [4.69, 9.17) is 15.2 Å². The predicted molar refractivity (Wildman–Crippen MR) is 115 cm³/mol. The van der Waals surface area contributed by atoms with Gasteiger partial charge in [-0.25, -0.2) is 0 Å². The summed E-state index contributed by atoms with van der Waals surface area (Å²) in [6, 6.07) is 8.07. The number of carbonyl (C=O) groups excluding carboxylic acids is 2. The van der Waals surface area contributed by atoms with E-state index in [0.717, 1.165) is 56.6 Å². The number of hydrogen-bond acceptors (Lipinski definition) is 5. The average molecular weight is 418 g/mol. The minimum Gasteiger partial charge on any atom is -0.497 e. The lowest BCUT2D eigenvalue weighted by Gasteiger charge is -2.46. The van der Waals surface area contributed by atoms with Crippen LogP contribution in [0.2, 0.25) is 0 Å². The number of likely N-dealkylation sites (tertiary alicyclic amines) is 2. The molecule has 0 spiro atoms. The molecule has 0 saturated carbocycles. The molecule has 2 aliphatic heterocycles. The third-order valence-electron chi connectivity index (χ3n) is 6.76. The number of hydrogen-bond donors (Lipinski definition) is 1. The first kappa shape index (κ1) is 22.6. The molecule has 30 heavy (non-hydrogen) atoms. The van der Waals surface area contributed by atoms with Crippen molar-refractivity contribution in [1.29, 1.82) is 0 Å². The highest BCUT2D eigenvalue weighted by molar-refractivity contribution is 5.81. The summed E-state index contributed by atoms with van der Waals surface area (Å²) in [6.45, 7) is 3.77. The minimum absolute atomic E-state index is 0.170. The van der Waals surface area contributed by atoms with E-state index in [9.17, 15) is 9.59 Å². The molecule has 2 heterocycles. The fraction of sp³-hybridized carbons (Fsp3) is 0.652. The lowest BCUT2D eigenvalue weighted by Crippen LogP contribution is -2.56. The highest BCUT2D eigenvalue weighted by atomic mass is 16.5. The van der Waals surface area contributed by atoms with Crippen LogP contribution in [0.4, 0.5) is 0 Å².